The summed E-state index contributed by atoms with van der Waals surface area (Å²) in [6, 6.07) is 0.166. The topological polar surface area (TPSA) is 63.9 Å². The Hall–Kier alpha value is -1.76. The third-order valence-corrected chi connectivity index (χ3v) is 4.10. The van der Waals surface area contributed by atoms with Gasteiger partial charge in [-0.1, -0.05) is 0 Å². The van der Waals surface area contributed by atoms with Gasteiger partial charge in [0.05, 0.1) is 16.2 Å². The molecule has 6 nitrogen and oxygen atoms in total. The fourth-order valence-electron chi connectivity index (χ4n) is 2.66. The molecule has 110 valence electrons. The SMILES string of the molecule is Cn1cc(C(=O)C[C@@H]2CCCN2c2ncc(Br)cn2)cn1. The summed E-state index contributed by atoms with van der Waals surface area (Å²) in [6.45, 7) is 0.895. The molecule has 1 atom stereocenters. The summed E-state index contributed by atoms with van der Waals surface area (Å²) < 4.78 is 2.51. The van der Waals surface area contributed by atoms with Crippen molar-refractivity contribution in [1.29, 1.82) is 0 Å². The van der Waals surface area contributed by atoms with Gasteiger partial charge in [-0.2, -0.15) is 5.10 Å². The Morgan fingerprint density at radius 1 is 1.38 bits per heavy atom. The van der Waals surface area contributed by atoms with E-state index in [-0.39, 0.29) is 11.8 Å². The first-order valence-corrected chi connectivity index (χ1v) is 7.69. The minimum absolute atomic E-state index is 0.122. The van der Waals surface area contributed by atoms with E-state index >= 15 is 0 Å². The highest BCUT2D eigenvalue weighted by Gasteiger charge is 2.29. The van der Waals surface area contributed by atoms with E-state index in [9.17, 15) is 4.79 Å². The van der Waals surface area contributed by atoms with Crippen molar-refractivity contribution >= 4 is 27.7 Å². The van der Waals surface area contributed by atoms with Crippen LogP contribution in [0.4, 0.5) is 5.95 Å². The van der Waals surface area contributed by atoms with E-state index in [0.29, 0.717) is 17.9 Å². The molecule has 7 heteroatoms. The molecule has 2 aromatic heterocycles. The molecule has 0 aromatic carbocycles. The van der Waals surface area contributed by atoms with Crippen LogP contribution in [0.25, 0.3) is 0 Å². The van der Waals surface area contributed by atoms with Gasteiger partial charge < -0.3 is 4.90 Å². The van der Waals surface area contributed by atoms with Crippen molar-refractivity contribution in [2.45, 2.75) is 25.3 Å². The minimum Gasteiger partial charge on any atom is -0.337 e. The average Bonchev–Trinajstić information content (AvgIpc) is 3.09. The third kappa shape index (κ3) is 3.12. The summed E-state index contributed by atoms with van der Waals surface area (Å²) in [4.78, 5) is 23.1. The van der Waals surface area contributed by atoms with Crippen LogP contribution in [0.1, 0.15) is 29.6 Å². The standard InChI is InChI=1S/C14H16BrN5O/c1-19-9-10(6-18-19)13(21)5-12-3-2-4-20(12)14-16-7-11(15)8-17-14/h6-9,12H,2-5H2,1H3/t12-/m0/s1. The smallest absolute Gasteiger partial charge is 0.225 e. The number of carbonyl (C=O) groups excluding carboxylic acids is 1. The van der Waals surface area contributed by atoms with Crippen LogP contribution in [-0.2, 0) is 7.05 Å². The Bertz CT molecular complexity index is 639. The molecule has 0 unspecified atom stereocenters. The van der Waals surface area contributed by atoms with Gasteiger partial charge >= 0.3 is 0 Å². The van der Waals surface area contributed by atoms with Crippen LogP contribution in [0.2, 0.25) is 0 Å². The van der Waals surface area contributed by atoms with Crippen LogP contribution in [0.15, 0.2) is 29.3 Å². The number of hydrogen-bond acceptors (Lipinski definition) is 5. The van der Waals surface area contributed by atoms with Gasteiger partial charge in [-0.15, -0.1) is 0 Å². The van der Waals surface area contributed by atoms with Crippen molar-refractivity contribution in [3.8, 4) is 0 Å². The Morgan fingerprint density at radius 3 is 2.81 bits per heavy atom. The van der Waals surface area contributed by atoms with Crippen molar-refractivity contribution in [3.05, 3.63) is 34.8 Å². The van der Waals surface area contributed by atoms with Gasteiger partial charge in [0.25, 0.3) is 0 Å². The zero-order chi connectivity index (χ0) is 14.8. The maximum atomic E-state index is 12.3. The van der Waals surface area contributed by atoms with E-state index in [1.807, 2.05) is 7.05 Å². The van der Waals surface area contributed by atoms with E-state index in [0.717, 1.165) is 23.9 Å². The molecule has 3 heterocycles. The lowest BCUT2D eigenvalue weighted by Gasteiger charge is -2.23. The van der Waals surface area contributed by atoms with Crippen LogP contribution < -0.4 is 4.90 Å². The second-order valence-corrected chi connectivity index (χ2v) is 6.14. The van der Waals surface area contributed by atoms with Gasteiger partial charge in [0.15, 0.2) is 5.78 Å². The zero-order valence-electron chi connectivity index (χ0n) is 11.7. The molecule has 1 aliphatic heterocycles. The first-order chi connectivity index (χ1) is 10.1. The molecular formula is C14H16BrN5O. The van der Waals surface area contributed by atoms with E-state index < -0.39 is 0 Å². The summed E-state index contributed by atoms with van der Waals surface area (Å²) >= 11 is 3.34. The number of nitrogens with zero attached hydrogens (tertiary/aromatic N) is 5. The molecule has 0 radical (unpaired) electrons. The monoisotopic (exact) mass is 349 g/mol. The molecule has 0 amide bonds. The predicted octanol–water partition coefficient (Wildman–Crippen LogP) is 2.21. The highest BCUT2D eigenvalue weighted by atomic mass is 79.9. The number of anilines is 1. The van der Waals surface area contributed by atoms with Crippen LogP contribution >= 0.6 is 15.9 Å². The van der Waals surface area contributed by atoms with E-state index in [1.54, 1.807) is 29.5 Å². The van der Waals surface area contributed by atoms with Crippen molar-refractivity contribution in [2.24, 2.45) is 7.05 Å². The van der Waals surface area contributed by atoms with Crippen LogP contribution in [-0.4, -0.2) is 38.1 Å². The molecule has 0 bridgehead atoms. The number of rotatable bonds is 4. The molecule has 0 spiro atoms. The predicted molar refractivity (Wildman–Crippen MR) is 82.3 cm³/mol. The lowest BCUT2D eigenvalue weighted by atomic mass is 10.0. The van der Waals surface area contributed by atoms with Gasteiger partial charge in [0.2, 0.25) is 5.95 Å². The fourth-order valence-corrected chi connectivity index (χ4v) is 2.87. The first-order valence-electron chi connectivity index (χ1n) is 6.89. The van der Waals surface area contributed by atoms with Crippen molar-refractivity contribution in [3.63, 3.8) is 0 Å². The van der Waals surface area contributed by atoms with Crippen molar-refractivity contribution < 1.29 is 4.79 Å². The average molecular weight is 350 g/mol. The Balaban J connectivity index is 1.72. The van der Waals surface area contributed by atoms with Crippen LogP contribution in [0.3, 0.4) is 0 Å². The lowest BCUT2D eigenvalue weighted by molar-refractivity contribution is 0.0974. The summed E-state index contributed by atoms with van der Waals surface area (Å²) in [5.41, 5.74) is 0.668. The largest absolute Gasteiger partial charge is 0.337 e. The lowest BCUT2D eigenvalue weighted by Crippen LogP contribution is -2.32. The summed E-state index contributed by atoms with van der Waals surface area (Å²) in [5.74, 6) is 0.816. The molecule has 0 saturated carbocycles. The van der Waals surface area contributed by atoms with Gasteiger partial charge in [-0.3, -0.25) is 9.48 Å². The molecule has 1 fully saturated rings. The summed E-state index contributed by atoms with van der Waals surface area (Å²) in [7, 11) is 1.81. The molecule has 1 aliphatic rings. The molecule has 0 N–H and O–H groups in total. The molecule has 0 aliphatic carbocycles. The first kappa shape index (κ1) is 14.2. The van der Waals surface area contributed by atoms with Crippen LogP contribution in [0.5, 0.6) is 0 Å². The number of aromatic nitrogens is 4. The summed E-state index contributed by atoms with van der Waals surface area (Å²) in [6.07, 6.45) is 9.39. The number of ketones is 1. The van der Waals surface area contributed by atoms with E-state index in [2.05, 4.69) is 35.9 Å². The van der Waals surface area contributed by atoms with Gasteiger partial charge in [-0.25, -0.2) is 9.97 Å². The Labute approximate surface area is 131 Å². The number of carbonyl (C=O) groups is 1. The number of hydrogen-bond donors (Lipinski definition) is 0. The molecule has 1 saturated heterocycles. The highest BCUT2D eigenvalue weighted by Crippen LogP contribution is 2.25. The molecule has 2 aromatic rings. The normalized spacial score (nSPS) is 18.2. The van der Waals surface area contributed by atoms with Gasteiger partial charge in [0.1, 0.15) is 0 Å². The van der Waals surface area contributed by atoms with E-state index in [4.69, 9.17) is 0 Å². The quantitative estimate of drug-likeness (QED) is 0.791. The van der Waals surface area contributed by atoms with Crippen molar-refractivity contribution in [2.75, 3.05) is 11.4 Å². The van der Waals surface area contributed by atoms with Gasteiger partial charge in [0, 0.05) is 44.6 Å². The Kier molecular flexibility index (Phi) is 4.01. The highest BCUT2D eigenvalue weighted by molar-refractivity contribution is 9.10. The maximum Gasteiger partial charge on any atom is 0.225 e. The zero-order valence-corrected chi connectivity index (χ0v) is 13.3. The molecular weight excluding hydrogens is 334 g/mol. The van der Waals surface area contributed by atoms with Crippen LogP contribution in [0, 0.1) is 0 Å². The number of Topliss-reactive ketones (excluding diaryl/α,β-unsaturated/α-hetero) is 1. The Morgan fingerprint density at radius 2 is 2.14 bits per heavy atom. The van der Waals surface area contributed by atoms with E-state index in [1.165, 1.54) is 0 Å². The maximum absolute atomic E-state index is 12.3. The second kappa shape index (κ2) is 5.93. The summed E-state index contributed by atoms with van der Waals surface area (Å²) in [5, 5.41) is 4.05. The van der Waals surface area contributed by atoms with Crippen molar-refractivity contribution in [1.82, 2.24) is 19.7 Å². The number of halogens is 1. The minimum atomic E-state index is 0.122. The number of aryl methyl sites for hydroxylation is 1. The van der Waals surface area contributed by atoms with Gasteiger partial charge in [-0.05, 0) is 28.8 Å². The molecule has 3 rings (SSSR count). The fraction of sp³-hybridized carbons (Fsp3) is 0.429. The third-order valence-electron chi connectivity index (χ3n) is 3.69. The molecule has 21 heavy (non-hydrogen) atoms. The second-order valence-electron chi connectivity index (χ2n) is 5.22.